The molecule has 2 atom stereocenters. The highest BCUT2D eigenvalue weighted by molar-refractivity contribution is 5.78. The van der Waals surface area contributed by atoms with Crippen molar-refractivity contribution in [3.05, 3.63) is 59.7 Å². The van der Waals surface area contributed by atoms with Crippen molar-refractivity contribution in [3.63, 3.8) is 0 Å². The van der Waals surface area contributed by atoms with Gasteiger partial charge in [-0.1, -0.05) is 24.3 Å². The molecule has 154 valence electrons. The van der Waals surface area contributed by atoms with Gasteiger partial charge < -0.3 is 19.5 Å². The van der Waals surface area contributed by atoms with Crippen LogP contribution >= 0.6 is 0 Å². The molecule has 2 aliphatic rings. The summed E-state index contributed by atoms with van der Waals surface area (Å²) in [5, 5.41) is 10.9. The number of nitrogens with zero attached hydrogens (tertiary/aromatic N) is 1. The molecule has 2 aromatic rings. The Balaban J connectivity index is 1.32. The lowest BCUT2D eigenvalue weighted by Crippen LogP contribution is -2.59. The number of aryl methyl sites for hydroxylation is 2. The number of fused-ring (bicyclic) bond motifs is 1. The fraction of sp³-hybridized carbons (Fsp3) is 0.458. The normalized spacial score (nSPS) is 23.9. The van der Waals surface area contributed by atoms with E-state index < -0.39 is 5.60 Å². The summed E-state index contributed by atoms with van der Waals surface area (Å²) in [6, 6.07) is 15.6. The average Bonchev–Trinajstić information content (AvgIpc) is 2.74. The molecular formula is C24H29NO4. The van der Waals surface area contributed by atoms with E-state index in [9.17, 15) is 9.90 Å². The van der Waals surface area contributed by atoms with Crippen LogP contribution in [0.3, 0.4) is 0 Å². The number of hydrogen-bond donors (Lipinski definition) is 1. The molecule has 1 N–H and O–H groups in total. The van der Waals surface area contributed by atoms with Crippen molar-refractivity contribution in [3.8, 4) is 11.5 Å². The topological polar surface area (TPSA) is 59.0 Å². The van der Waals surface area contributed by atoms with E-state index in [0.717, 1.165) is 24.3 Å². The molecule has 0 saturated carbocycles. The molecule has 1 amide bonds. The molecular weight excluding hydrogens is 366 g/mol. The van der Waals surface area contributed by atoms with Gasteiger partial charge in [-0.2, -0.15) is 0 Å². The number of carbonyl (C=O) groups is 1. The first-order valence-corrected chi connectivity index (χ1v) is 10.5. The quantitative estimate of drug-likeness (QED) is 0.843. The second kappa shape index (κ2) is 8.46. The summed E-state index contributed by atoms with van der Waals surface area (Å²) in [7, 11) is 0. The third-order valence-corrected chi connectivity index (χ3v) is 5.92. The van der Waals surface area contributed by atoms with Crippen molar-refractivity contribution in [2.75, 3.05) is 19.7 Å². The van der Waals surface area contributed by atoms with Gasteiger partial charge in [-0.25, -0.2) is 0 Å². The van der Waals surface area contributed by atoms with Crippen LogP contribution in [0.2, 0.25) is 0 Å². The van der Waals surface area contributed by atoms with Gasteiger partial charge in [0.1, 0.15) is 23.2 Å². The molecule has 1 fully saturated rings. The molecule has 1 heterocycles. The number of β-amino-alcohol motifs (C(OH)–C–C–N with tert-alkyl or cyclic N) is 1. The lowest BCUT2D eigenvalue weighted by atomic mass is 9.91. The van der Waals surface area contributed by atoms with Gasteiger partial charge >= 0.3 is 0 Å². The van der Waals surface area contributed by atoms with E-state index in [2.05, 4.69) is 12.1 Å². The number of benzene rings is 2. The van der Waals surface area contributed by atoms with Gasteiger partial charge in [0.15, 0.2) is 6.61 Å². The predicted molar refractivity (Wildman–Crippen MR) is 111 cm³/mol. The van der Waals surface area contributed by atoms with Crippen LogP contribution < -0.4 is 9.47 Å². The van der Waals surface area contributed by atoms with Crippen LogP contribution in [-0.2, 0) is 17.6 Å². The minimum absolute atomic E-state index is 0.0148. The molecule has 5 heteroatoms. The summed E-state index contributed by atoms with van der Waals surface area (Å²) in [6.07, 6.45) is 4.89. The smallest absolute Gasteiger partial charge is 0.260 e. The highest BCUT2D eigenvalue weighted by atomic mass is 16.5. The fourth-order valence-electron chi connectivity index (χ4n) is 4.25. The van der Waals surface area contributed by atoms with E-state index in [1.54, 1.807) is 11.8 Å². The summed E-state index contributed by atoms with van der Waals surface area (Å²) in [5.41, 5.74) is 1.62. The monoisotopic (exact) mass is 395 g/mol. The second-order valence-corrected chi connectivity index (χ2v) is 8.31. The summed E-state index contributed by atoms with van der Waals surface area (Å²) in [6.45, 7) is 2.49. The van der Waals surface area contributed by atoms with Crippen LogP contribution in [0.4, 0.5) is 0 Å². The molecule has 0 bridgehead atoms. The molecule has 1 saturated heterocycles. The van der Waals surface area contributed by atoms with E-state index in [4.69, 9.17) is 9.47 Å². The molecule has 1 aliphatic heterocycles. The van der Waals surface area contributed by atoms with Crippen LogP contribution in [0.5, 0.6) is 11.5 Å². The summed E-state index contributed by atoms with van der Waals surface area (Å²) < 4.78 is 11.7. The first-order chi connectivity index (χ1) is 14.0. The van der Waals surface area contributed by atoms with Crippen molar-refractivity contribution >= 4 is 5.91 Å². The largest absolute Gasteiger partial charge is 0.487 e. The first-order valence-electron chi connectivity index (χ1n) is 10.5. The third-order valence-electron chi connectivity index (χ3n) is 5.92. The SMILES string of the molecule is C[C@]1(O)CN(C(=O)COc2ccc3c(c2)CCCC3)CC[C@@H]1Oc1ccccc1. The average molecular weight is 395 g/mol. The van der Waals surface area contributed by atoms with Crippen LogP contribution in [0.15, 0.2) is 48.5 Å². The predicted octanol–water partition coefficient (Wildman–Crippen LogP) is 3.38. The van der Waals surface area contributed by atoms with Gasteiger partial charge in [-0.3, -0.25) is 4.79 Å². The molecule has 29 heavy (non-hydrogen) atoms. The van der Waals surface area contributed by atoms with Gasteiger partial charge in [-0.05, 0) is 68.0 Å². The molecule has 4 rings (SSSR count). The van der Waals surface area contributed by atoms with Crippen molar-refractivity contribution < 1.29 is 19.4 Å². The van der Waals surface area contributed by atoms with Crippen LogP contribution in [0.25, 0.3) is 0 Å². The van der Waals surface area contributed by atoms with Crippen molar-refractivity contribution in [1.82, 2.24) is 4.90 Å². The van der Waals surface area contributed by atoms with E-state index in [-0.39, 0.29) is 25.2 Å². The third kappa shape index (κ3) is 4.73. The molecule has 0 spiro atoms. The second-order valence-electron chi connectivity index (χ2n) is 8.31. The number of carbonyl (C=O) groups excluding carboxylic acids is 1. The van der Waals surface area contributed by atoms with E-state index >= 15 is 0 Å². The molecule has 0 unspecified atom stereocenters. The molecule has 1 aliphatic carbocycles. The van der Waals surface area contributed by atoms with Crippen molar-refractivity contribution in [2.24, 2.45) is 0 Å². The van der Waals surface area contributed by atoms with Gasteiger partial charge in [0, 0.05) is 13.0 Å². The van der Waals surface area contributed by atoms with Gasteiger partial charge in [0.2, 0.25) is 0 Å². The maximum absolute atomic E-state index is 12.7. The Hall–Kier alpha value is -2.53. The van der Waals surface area contributed by atoms with E-state index in [1.165, 1.54) is 24.0 Å². The van der Waals surface area contributed by atoms with Crippen LogP contribution in [0.1, 0.15) is 37.3 Å². The number of amides is 1. The van der Waals surface area contributed by atoms with E-state index in [0.29, 0.717) is 13.0 Å². The summed E-state index contributed by atoms with van der Waals surface area (Å²) >= 11 is 0. The van der Waals surface area contributed by atoms with Crippen molar-refractivity contribution in [2.45, 2.75) is 50.7 Å². The number of ether oxygens (including phenoxy) is 2. The van der Waals surface area contributed by atoms with Crippen LogP contribution in [-0.4, -0.2) is 47.3 Å². The molecule has 5 nitrogen and oxygen atoms in total. The fourth-order valence-corrected chi connectivity index (χ4v) is 4.25. The zero-order valence-electron chi connectivity index (χ0n) is 17.0. The standard InChI is InChI=1S/C24H29NO4/c1-24(27)17-25(14-13-22(24)29-20-9-3-2-4-10-20)23(26)16-28-21-12-11-18-7-5-6-8-19(18)15-21/h2-4,9-12,15,22,27H,5-8,13-14,16-17H2,1H3/t22-,24-/m0/s1. The zero-order chi connectivity index (χ0) is 20.3. The van der Waals surface area contributed by atoms with Gasteiger partial charge in [0.05, 0.1) is 6.54 Å². The minimum Gasteiger partial charge on any atom is -0.487 e. The molecule has 0 radical (unpaired) electrons. The Morgan fingerprint density at radius 3 is 2.62 bits per heavy atom. The Morgan fingerprint density at radius 1 is 1.10 bits per heavy atom. The zero-order valence-corrected chi connectivity index (χ0v) is 17.0. The number of para-hydroxylation sites is 1. The first kappa shape index (κ1) is 19.8. The number of hydrogen-bond acceptors (Lipinski definition) is 4. The Kier molecular flexibility index (Phi) is 5.76. The summed E-state index contributed by atoms with van der Waals surface area (Å²) in [5.74, 6) is 1.36. The number of aliphatic hydroxyl groups is 1. The Bertz CT molecular complexity index is 849. The molecule has 0 aromatic heterocycles. The number of likely N-dealkylation sites (tertiary alicyclic amines) is 1. The Labute approximate surface area is 172 Å². The maximum Gasteiger partial charge on any atom is 0.260 e. The van der Waals surface area contributed by atoms with Crippen LogP contribution in [0, 0.1) is 0 Å². The minimum atomic E-state index is -1.12. The highest BCUT2D eigenvalue weighted by Crippen LogP contribution is 2.27. The van der Waals surface area contributed by atoms with Gasteiger partial charge in [0.25, 0.3) is 5.91 Å². The lowest BCUT2D eigenvalue weighted by Gasteiger charge is -2.42. The van der Waals surface area contributed by atoms with E-state index in [1.807, 2.05) is 36.4 Å². The molecule has 2 aromatic carbocycles. The number of rotatable bonds is 5. The highest BCUT2D eigenvalue weighted by Gasteiger charge is 2.41. The maximum atomic E-state index is 12.7. The number of piperidine rings is 1. The lowest BCUT2D eigenvalue weighted by molar-refractivity contribution is -0.147. The Morgan fingerprint density at radius 2 is 1.86 bits per heavy atom. The summed E-state index contributed by atoms with van der Waals surface area (Å²) in [4.78, 5) is 14.3. The van der Waals surface area contributed by atoms with Crippen molar-refractivity contribution in [1.29, 1.82) is 0 Å². The van der Waals surface area contributed by atoms with Gasteiger partial charge in [-0.15, -0.1) is 0 Å².